The van der Waals surface area contributed by atoms with Crippen molar-refractivity contribution in [3.63, 3.8) is 0 Å². The fourth-order valence-electron chi connectivity index (χ4n) is 3.83. The first-order chi connectivity index (χ1) is 10.3. The number of nitrogens with zero attached hydrogens (tertiary/aromatic N) is 2. The molecule has 112 valence electrons. The van der Waals surface area contributed by atoms with E-state index in [-0.39, 0.29) is 5.92 Å². The minimum absolute atomic E-state index is 0.252. The van der Waals surface area contributed by atoms with E-state index in [4.69, 9.17) is 0 Å². The Labute approximate surface area is 126 Å². The lowest BCUT2D eigenvalue weighted by molar-refractivity contribution is -0.135. The van der Waals surface area contributed by atoms with Gasteiger partial charge in [-0.2, -0.15) is 0 Å². The van der Waals surface area contributed by atoms with Gasteiger partial charge < -0.3 is 4.90 Å². The highest BCUT2D eigenvalue weighted by molar-refractivity contribution is 5.83. The van der Waals surface area contributed by atoms with Crippen LogP contribution in [0.3, 0.4) is 0 Å². The minimum Gasteiger partial charge on any atom is -0.340 e. The first kappa shape index (κ1) is 13.3. The summed E-state index contributed by atoms with van der Waals surface area (Å²) in [6.07, 6.45) is 5.18. The highest BCUT2D eigenvalue weighted by Crippen LogP contribution is 2.48. The second-order valence-corrected chi connectivity index (χ2v) is 6.81. The molecule has 1 heterocycles. The van der Waals surface area contributed by atoms with Gasteiger partial charge in [0.2, 0.25) is 5.91 Å². The molecule has 0 aromatic heterocycles. The zero-order valence-corrected chi connectivity index (χ0v) is 12.6. The quantitative estimate of drug-likeness (QED) is 0.851. The molecule has 1 aromatic rings. The van der Waals surface area contributed by atoms with Crippen LogP contribution in [0.1, 0.15) is 37.2 Å². The van der Waals surface area contributed by atoms with Gasteiger partial charge in [-0.1, -0.05) is 36.8 Å². The summed E-state index contributed by atoms with van der Waals surface area (Å²) in [5.74, 6) is 1.13. The zero-order valence-electron chi connectivity index (χ0n) is 12.6. The molecule has 0 bridgehead atoms. The summed E-state index contributed by atoms with van der Waals surface area (Å²) in [6, 6.07) is 11.3. The molecule has 1 unspecified atom stereocenters. The molecule has 2 atom stereocenters. The van der Waals surface area contributed by atoms with Crippen molar-refractivity contribution in [2.24, 2.45) is 5.92 Å². The van der Waals surface area contributed by atoms with Gasteiger partial charge in [0.15, 0.2) is 0 Å². The van der Waals surface area contributed by atoms with Crippen LogP contribution in [0.5, 0.6) is 0 Å². The molecule has 1 amide bonds. The molecule has 3 fully saturated rings. The fourth-order valence-corrected chi connectivity index (χ4v) is 3.83. The molecular weight excluding hydrogens is 260 g/mol. The van der Waals surface area contributed by atoms with Gasteiger partial charge in [0.1, 0.15) is 0 Å². The molecule has 2 saturated carbocycles. The Bertz CT molecular complexity index is 503. The first-order valence-electron chi connectivity index (χ1n) is 8.41. The SMILES string of the molecule is O=C(C1C[C@H]1c1ccccc1)N1CCN(C2CCC2)CC1. The maximum atomic E-state index is 12.6. The van der Waals surface area contributed by atoms with Crippen LogP contribution in [-0.2, 0) is 4.79 Å². The molecule has 3 nitrogen and oxygen atoms in total. The van der Waals surface area contributed by atoms with E-state index in [9.17, 15) is 4.79 Å². The van der Waals surface area contributed by atoms with Gasteiger partial charge in [-0.3, -0.25) is 9.69 Å². The van der Waals surface area contributed by atoms with Crippen molar-refractivity contribution < 1.29 is 4.79 Å². The third kappa shape index (κ3) is 2.59. The predicted octanol–water partition coefficient (Wildman–Crippen LogP) is 2.49. The van der Waals surface area contributed by atoms with E-state index in [1.54, 1.807) is 0 Å². The Hall–Kier alpha value is -1.35. The third-order valence-electron chi connectivity index (χ3n) is 5.55. The summed E-state index contributed by atoms with van der Waals surface area (Å²) in [7, 11) is 0. The Kier molecular flexibility index (Phi) is 3.46. The van der Waals surface area contributed by atoms with Gasteiger partial charge in [-0.25, -0.2) is 0 Å². The lowest BCUT2D eigenvalue weighted by atomic mass is 9.91. The van der Waals surface area contributed by atoms with Gasteiger partial charge in [-0.15, -0.1) is 0 Å². The van der Waals surface area contributed by atoms with E-state index < -0.39 is 0 Å². The number of piperazine rings is 1. The molecule has 21 heavy (non-hydrogen) atoms. The highest BCUT2D eigenvalue weighted by atomic mass is 16.2. The van der Waals surface area contributed by atoms with E-state index in [1.165, 1.54) is 24.8 Å². The van der Waals surface area contributed by atoms with Gasteiger partial charge in [-0.05, 0) is 30.7 Å². The highest BCUT2D eigenvalue weighted by Gasteiger charge is 2.46. The second-order valence-electron chi connectivity index (χ2n) is 6.81. The molecular formula is C18H24N2O. The van der Waals surface area contributed by atoms with Crippen LogP contribution in [0.2, 0.25) is 0 Å². The van der Waals surface area contributed by atoms with Crippen molar-refractivity contribution >= 4 is 5.91 Å². The Balaban J connectivity index is 1.31. The molecule has 0 radical (unpaired) electrons. The average Bonchev–Trinajstić information content (AvgIpc) is 3.27. The maximum absolute atomic E-state index is 12.6. The summed E-state index contributed by atoms with van der Waals surface area (Å²) in [6.45, 7) is 4.04. The topological polar surface area (TPSA) is 23.6 Å². The fraction of sp³-hybridized carbons (Fsp3) is 0.611. The average molecular weight is 284 g/mol. The van der Waals surface area contributed by atoms with Crippen LogP contribution >= 0.6 is 0 Å². The van der Waals surface area contributed by atoms with Gasteiger partial charge in [0.05, 0.1) is 0 Å². The van der Waals surface area contributed by atoms with Crippen molar-refractivity contribution in [2.75, 3.05) is 26.2 Å². The minimum atomic E-state index is 0.252. The number of benzene rings is 1. The lowest BCUT2D eigenvalue weighted by Gasteiger charge is -2.43. The number of amides is 1. The van der Waals surface area contributed by atoms with E-state index in [0.29, 0.717) is 11.8 Å². The molecule has 3 heteroatoms. The van der Waals surface area contributed by atoms with Crippen LogP contribution in [0.4, 0.5) is 0 Å². The summed E-state index contributed by atoms with van der Waals surface area (Å²) >= 11 is 0. The molecule has 1 aromatic carbocycles. The molecule has 1 saturated heterocycles. The van der Waals surface area contributed by atoms with Crippen LogP contribution in [0.15, 0.2) is 30.3 Å². The smallest absolute Gasteiger partial charge is 0.226 e. The normalized spacial score (nSPS) is 30.0. The molecule has 4 rings (SSSR count). The Morgan fingerprint density at radius 3 is 2.33 bits per heavy atom. The van der Waals surface area contributed by atoms with Crippen molar-refractivity contribution in [3.05, 3.63) is 35.9 Å². The standard InChI is InChI=1S/C18H24N2O/c21-18(17-13-16(17)14-5-2-1-3-6-14)20-11-9-19(10-12-20)15-7-4-8-15/h1-3,5-6,15-17H,4,7-13H2/t16-,17?/m0/s1. The lowest BCUT2D eigenvalue weighted by Crippen LogP contribution is -2.53. The van der Waals surface area contributed by atoms with Crippen molar-refractivity contribution in [2.45, 2.75) is 37.6 Å². The van der Waals surface area contributed by atoms with E-state index in [0.717, 1.165) is 38.6 Å². The largest absolute Gasteiger partial charge is 0.340 e. The molecule has 0 spiro atoms. The number of carbonyl (C=O) groups is 1. The van der Waals surface area contributed by atoms with Gasteiger partial charge >= 0.3 is 0 Å². The number of carbonyl (C=O) groups excluding carboxylic acids is 1. The predicted molar refractivity (Wildman–Crippen MR) is 83.1 cm³/mol. The van der Waals surface area contributed by atoms with Crippen LogP contribution in [0, 0.1) is 5.92 Å². The van der Waals surface area contributed by atoms with Gasteiger partial charge in [0.25, 0.3) is 0 Å². The maximum Gasteiger partial charge on any atom is 0.226 e. The number of hydrogen-bond acceptors (Lipinski definition) is 2. The molecule has 3 aliphatic rings. The van der Waals surface area contributed by atoms with Crippen molar-refractivity contribution in [1.82, 2.24) is 9.80 Å². The number of rotatable bonds is 3. The van der Waals surface area contributed by atoms with Crippen LogP contribution < -0.4 is 0 Å². The summed E-state index contributed by atoms with van der Waals surface area (Å²) in [5.41, 5.74) is 1.34. The van der Waals surface area contributed by atoms with E-state index >= 15 is 0 Å². The summed E-state index contributed by atoms with van der Waals surface area (Å²) in [4.78, 5) is 17.3. The van der Waals surface area contributed by atoms with E-state index in [2.05, 4.69) is 34.1 Å². The molecule has 0 N–H and O–H groups in total. The van der Waals surface area contributed by atoms with Crippen LogP contribution in [-0.4, -0.2) is 47.9 Å². The zero-order chi connectivity index (χ0) is 14.2. The summed E-state index contributed by atoms with van der Waals surface area (Å²) < 4.78 is 0. The Morgan fingerprint density at radius 2 is 1.71 bits per heavy atom. The van der Waals surface area contributed by atoms with Gasteiger partial charge in [0, 0.05) is 38.1 Å². The van der Waals surface area contributed by atoms with Crippen molar-refractivity contribution in [3.8, 4) is 0 Å². The molecule has 1 aliphatic heterocycles. The number of hydrogen-bond donors (Lipinski definition) is 0. The van der Waals surface area contributed by atoms with Crippen LogP contribution in [0.25, 0.3) is 0 Å². The molecule has 2 aliphatic carbocycles. The Morgan fingerprint density at radius 1 is 1.00 bits per heavy atom. The monoisotopic (exact) mass is 284 g/mol. The van der Waals surface area contributed by atoms with E-state index in [1.807, 2.05) is 6.07 Å². The first-order valence-corrected chi connectivity index (χ1v) is 8.41. The third-order valence-corrected chi connectivity index (χ3v) is 5.55. The summed E-state index contributed by atoms with van der Waals surface area (Å²) in [5, 5.41) is 0. The van der Waals surface area contributed by atoms with Crippen molar-refractivity contribution in [1.29, 1.82) is 0 Å². The second kappa shape index (κ2) is 5.45.